The van der Waals surface area contributed by atoms with Crippen LogP contribution in [0.4, 0.5) is 17.1 Å². The van der Waals surface area contributed by atoms with Crippen molar-refractivity contribution < 1.29 is 9.57 Å². The lowest BCUT2D eigenvalue weighted by molar-refractivity contribution is 0.297. The largest absolute Gasteiger partial charge is 0.497 e. The van der Waals surface area contributed by atoms with Crippen molar-refractivity contribution in [2.45, 2.75) is 0 Å². The van der Waals surface area contributed by atoms with E-state index < -0.39 is 0 Å². The van der Waals surface area contributed by atoms with Gasteiger partial charge in [0.2, 0.25) is 0 Å². The first-order valence-electron chi connectivity index (χ1n) is 7.29. The third kappa shape index (κ3) is 3.14. The van der Waals surface area contributed by atoms with Gasteiger partial charge in [0.1, 0.15) is 11.4 Å². The van der Waals surface area contributed by atoms with E-state index in [0.29, 0.717) is 28.2 Å². The number of hydrogen-bond donors (Lipinski definition) is 1. The van der Waals surface area contributed by atoms with Gasteiger partial charge >= 0.3 is 0 Å². The number of hydroxylamine groups is 1. The van der Waals surface area contributed by atoms with E-state index in [1.807, 2.05) is 24.3 Å². The van der Waals surface area contributed by atoms with Gasteiger partial charge in [-0.25, -0.2) is 15.0 Å². The molecule has 1 N–H and O–H groups in total. The van der Waals surface area contributed by atoms with Crippen molar-refractivity contribution >= 4 is 40.4 Å². The summed E-state index contributed by atoms with van der Waals surface area (Å²) in [6, 6.07) is 13.0. The number of halogens is 1. The molecule has 0 saturated carbocycles. The smallest absolute Gasteiger partial charge is 0.284 e. The van der Waals surface area contributed by atoms with Crippen LogP contribution in [-0.2, 0) is 4.84 Å². The molecular weight excluding hydrogens is 328 g/mol. The van der Waals surface area contributed by atoms with E-state index >= 15 is 0 Å². The number of methoxy groups -OCH3 is 1. The number of nitrogens with zero attached hydrogens (tertiary/aromatic N) is 3. The monoisotopic (exact) mass is 344 g/mol. The van der Waals surface area contributed by atoms with Crippen LogP contribution in [0.1, 0.15) is 0 Å². The number of nitrogens with one attached hydrogen (secondary N) is 1. The molecule has 0 aliphatic carbocycles. The van der Waals surface area contributed by atoms with E-state index in [0.717, 1.165) is 11.4 Å². The molecule has 0 bridgehead atoms. The Morgan fingerprint density at radius 1 is 1.25 bits per heavy atom. The maximum Gasteiger partial charge on any atom is 0.284 e. The second-order valence-electron chi connectivity index (χ2n) is 5.04. The SMILES string of the molecule is CN=C1ON(C)c2ccccc2N=C1Nc1cc(OC)ccc1Cl. The Bertz CT molecular complexity index is 820. The van der Waals surface area contributed by atoms with Crippen LogP contribution < -0.4 is 15.1 Å². The second kappa shape index (κ2) is 6.80. The van der Waals surface area contributed by atoms with E-state index in [1.54, 1.807) is 44.5 Å². The van der Waals surface area contributed by atoms with Crippen molar-refractivity contribution in [1.82, 2.24) is 0 Å². The van der Waals surface area contributed by atoms with Crippen molar-refractivity contribution in [2.75, 3.05) is 31.6 Å². The first-order valence-corrected chi connectivity index (χ1v) is 7.67. The first kappa shape index (κ1) is 16.1. The molecule has 0 fully saturated rings. The van der Waals surface area contributed by atoms with E-state index in [2.05, 4.69) is 15.3 Å². The summed E-state index contributed by atoms with van der Waals surface area (Å²) in [5, 5.41) is 5.35. The van der Waals surface area contributed by atoms with Crippen molar-refractivity contribution in [3.63, 3.8) is 0 Å². The summed E-state index contributed by atoms with van der Waals surface area (Å²) in [4.78, 5) is 14.6. The highest BCUT2D eigenvalue weighted by atomic mass is 35.5. The van der Waals surface area contributed by atoms with Crippen LogP contribution in [0.5, 0.6) is 5.75 Å². The van der Waals surface area contributed by atoms with Gasteiger partial charge in [0.15, 0.2) is 5.84 Å². The maximum absolute atomic E-state index is 6.27. The molecule has 0 spiro atoms. The summed E-state index contributed by atoms with van der Waals surface area (Å²) in [5.41, 5.74) is 2.26. The van der Waals surface area contributed by atoms with Crippen LogP contribution in [0.25, 0.3) is 0 Å². The topological polar surface area (TPSA) is 58.5 Å². The van der Waals surface area contributed by atoms with E-state index in [1.165, 1.54) is 0 Å². The van der Waals surface area contributed by atoms with Crippen LogP contribution in [0.2, 0.25) is 5.02 Å². The zero-order chi connectivity index (χ0) is 17.1. The Morgan fingerprint density at radius 3 is 2.79 bits per heavy atom. The molecule has 0 saturated heterocycles. The average Bonchev–Trinajstić information content (AvgIpc) is 2.73. The van der Waals surface area contributed by atoms with E-state index in [4.69, 9.17) is 21.2 Å². The van der Waals surface area contributed by atoms with E-state index in [9.17, 15) is 0 Å². The molecule has 0 unspecified atom stereocenters. The number of benzene rings is 2. The molecule has 24 heavy (non-hydrogen) atoms. The van der Waals surface area contributed by atoms with Crippen LogP contribution in [0, 0.1) is 0 Å². The lowest BCUT2D eigenvalue weighted by Gasteiger charge is -2.19. The molecule has 0 amide bonds. The molecular formula is C17H17ClN4O2. The van der Waals surface area contributed by atoms with Gasteiger partial charge in [0.25, 0.3) is 5.90 Å². The average molecular weight is 345 g/mol. The quantitative estimate of drug-likeness (QED) is 0.897. The van der Waals surface area contributed by atoms with Gasteiger partial charge in [-0.2, -0.15) is 0 Å². The van der Waals surface area contributed by atoms with Gasteiger partial charge in [-0.3, -0.25) is 0 Å². The number of para-hydroxylation sites is 2. The zero-order valence-corrected chi connectivity index (χ0v) is 14.3. The molecule has 1 aliphatic rings. The Balaban J connectivity index is 2.04. The predicted molar refractivity (Wildman–Crippen MR) is 98.0 cm³/mol. The maximum atomic E-state index is 6.27. The highest BCUT2D eigenvalue weighted by Crippen LogP contribution is 2.32. The summed E-state index contributed by atoms with van der Waals surface area (Å²) >= 11 is 6.27. The molecule has 2 aromatic carbocycles. The second-order valence-corrected chi connectivity index (χ2v) is 5.44. The third-order valence-electron chi connectivity index (χ3n) is 3.51. The van der Waals surface area contributed by atoms with Gasteiger partial charge in [-0.15, -0.1) is 0 Å². The Kier molecular flexibility index (Phi) is 4.57. The number of amidine groups is 1. The molecule has 7 heteroatoms. The molecule has 2 aromatic rings. The molecule has 0 aromatic heterocycles. The fraction of sp³-hybridized carbons (Fsp3) is 0.176. The molecule has 1 aliphatic heterocycles. The summed E-state index contributed by atoms with van der Waals surface area (Å²) in [6.45, 7) is 0. The van der Waals surface area contributed by atoms with Crippen molar-refractivity contribution in [1.29, 1.82) is 0 Å². The van der Waals surface area contributed by atoms with Gasteiger partial charge in [-0.05, 0) is 24.3 Å². The Hall–Kier alpha value is -2.73. The first-order chi connectivity index (χ1) is 11.6. The zero-order valence-electron chi connectivity index (χ0n) is 13.6. The van der Waals surface area contributed by atoms with Crippen LogP contribution in [0.3, 0.4) is 0 Å². The Morgan fingerprint density at radius 2 is 2.04 bits per heavy atom. The number of anilines is 2. The number of hydrogen-bond acceptors (Lipinski definition) is 6. The van der Waals surface area contributed by atoms with Crippen LogP contribution >= 0.6 is 11.6 Å². The summed E-state index contributed by atoms with van der Waals surface area (Å²) in [5.74, 6) is 1.50. The standard InChI is InChI=1S/C17H17ClN4O2/c1-19-17-16(21-14-10-11(23-3)8-9-12(14)18)20-13-6-4-5-7-15(13)22(2)24-17/h4-10H,1-3H3,(H,20,21). The highest BCUT2D eigenvalue weighted by Gasteiger charge is 2.21. The highest BCUT2D eigenvalue weighted by molar-refractivity contribution is 6.44. The molecule has 1 heterocycles. The van der Waals surface area contributed by atoms with Gasteiger partial charge in [0, 0.05) is 20.2 Å². The fourth-order valence-electron chi connectivity index (χ4n) is 2.30. The lowest BCUT2D eigenvalue weighted by Crippen LogP contribution is -2.30. The number of aliphatic imine (C=N–C) groups is 2. The lowest BCUT2D eigenvalue weighted by atomic mass is 10.2. The van der Waals surface area contributed by atoms with Gasteiger partial charge in [-0.1, -0.05) is 23.7 Å². The van der Waals surface area contributed by atoms with Crippen LogP contribution in [-0.4, -0.2) is 32.9 Å². The van der Waals surface area contributed by atoms with Gasteiger partial charge in [0.05, 0.1) is 23.5 Å². The fourth-order valence-corrected chi connectivity index (χ4v) is 2.46. The Labute approximate surface area is 145 Å². The number of fused-ring (bicyclic) bond motifs is 1. The molecule has 0 atom stereocenters. The van der Waals surface area contributed by atoms with Crippen molar-refractivity contribution in [3.8, 4) is 5.75 Å². The normalized spacial score (nSPS) is 15.2. The summed E-state index contributed by atoms with van der Waals surface area (Å²) < 4.78 is 5.24. The number of rotatable bonds is 2. The minimum Gasteiger partial charge on any atom is -0.497 e. The van der Waals surface area contributed by atoms with Gasteiger partial charge < -0.3 is 14.9 Å². The third-order valence-corrected chi connectivity index (χ3v) is 3.84. The molecule has 124 valence electrons. The minimum absolute atomic E-state index is 0.354. The molecule has 3 rings (SSSR count). The molecule has 0 radical (unpaired) electrons. The molecule has 6 nitrogen and oxygen atoms in total. The van der Waals surface area contributed by atoms with Crippen molar-refractivity contribution in [3.05, 3.63) is 47.5 Å². The van der Waals surface area contributed by atoms with Crippen LogP contribution in [0.15, 0.2) is 52.4 Å². The number of ether oxygens (including phenoxy) is 1. The summed E-state index contributed by atoms with van der Waals surface area (Å²) in [7, 11) is 5.05. The summed E-state index contributed by atoms with van der Waals surface area (Å²) in [6.07, 6.45) is 0. The van der Waals surface area contributed by atoms with Crippen molar-refractivity contribution in [2.24, 2.45) is 9.98 Å². The predicted octanol–water partition coefficient (Wildman–Crippen LogP) is 3.90. The van der Waals surface area contributed by atoms with E-state index in [-0.39, 0.29) is 0 Å². The minimum atomic E-state index is 0.354.